The van der Waals surface area contributed by atoms with Gasteiger partial charge in [-0.3, -0.25) is 0 Å². The number of esters is 2. The van der Waals surface area contributed by atoms with Crippen LogP contribution >= 0.6 is 0 Å². The summed E-state index contributed by atoms with van der Waals surface area (Å²) in [6.07, 6.45) is 3.12. The van der Waals surface area contributed by atoms with E-state index in [-0.39, 0.29) is 49.1 Å². The molecule has 6 fully saturated rings. The summed E-state index contributed by atoms with van der Waals surface area (Å²) in [5.41, 5.74) is 0.755. The zero-order valence-corrected chi connectivity index (χ0v) is 18.8. The van der Waals surface area contributed by atoms with Crippen molar-refractivity contribution in [2.75, 3.05) is 26.4 Å². The van der Waals surface area contributed by atoms with Gasteiger partial charge in [-0.1, -0.05) is 13.2 Å². The second-order valence-electron chi connectivity index (χ2n) is 10.0. The lowest BCUT2D eigenvalue weighted by Crippen LogP contribution is -2.67. The predicted molar refractivity (Wildman–Crippen MR) is 111 cm³/mol. The van der Waals surface area contributed by atoms with E-state index in [1.807, 2.05) is 0 Å². The summed E-state index contributed by atoms with van der Waals surface area (Å²) in [6.45, 7) is 11.7. The van der Waals surface area contributed by atoms with Crippen molar-refractivity contribution < 1.29 is 38.0 Å². The molecule has 0 aromatic heterocycles. The lowest BCUT2D eigenvalue weighted by atomic mass is 9.50. The molecule has 2 atom stereocenters. The molecule has 0 N–H and O–H groups in total. The van der Waals surface area contributed by atoms with E-state index in [9.17, 15) is 9.59 Å². The Bertz CT molecular complexity index is 738. The highest BCUT2D eigenvalue weighted by molar-refractivity contribution is 5.87. The smallest absolute Gasteiger partial charge is 0.333 e. The van der Waals surface area contributed by atoms with Crippen molar-refractivity contribution in [3.05, 3.63) is 24.3 Å². The molecular weight excluding hydrogens is 416 g/mol. The molecule has 0 radical (unpaired) electrons. The fourth-order valence-electron chi connectivity index (χ4n) is 6.45. The summed E-state index contributed by atoms with van der Waals surface area (Å²) in [7, 11) is 0. The molecule has 176 valence electrons. The van der Waals surface area contributed by atoms with Crippen molar-refractivity contribution in [3.8, 4) is 0 Å². The van der Waals surface area contributed by atoms with Crippen LogP contribution in [0.4, 0.5) is 0 Å². The van der Waals surface area contributed by atoms with Crippen LogP contribution in [0.1, 0.15) is 39.5 Å². The first-order chi connectivity index (χ1) is 15.2. The van der Waals surface area contributed by atoms with Crippen molar-refractivity contribution in [2.45, 2.75) is 63.3 Å². The summed E-state index contributed by atoms with van der Waals surface area (Å²) in [4.78, 5) is 23.4. The molecule has 2 spiro atoms. The van der Waals surface area contributed by atoms with Crippen LogP contribution in [0.5, 0.6) is 0 Å². The average Bonchev–Trinajstić information content (AvgIpc) is 3.35. The summed E-state index contributed by atoms with van der Waals surface area (Å²) in [5.74, 6) is -0.917. The van der Waals surface area contributed by atoms with Crippen molar-refractivity contribution in [2.24, 2.45) is 23.7 Å². The van der Waals surface area contributed by atoms with Gasteiger partial charge in [0.05, 0.1) is 13.2 Å². The number of ether oxygens (including phenoxy) is 6. The van der Waals surface area contributed by atoms with Crippen LogP contribution in [0.2, 0.25) is 0 Å². The number of hydrogen-bond acceptors (Lipinski definition) is 8. The largest absolute Gasteiger partial charge is 0.459 e. The zero-order chi connectivity index (χ0) is 22.7. The fraction of sp³-hybridized carbons (Fsp3) is 0.750. The molecule has 2 aliphatic heterocycles. The number of carbonyl (C=O) groups is 2. The van der Waals surface area contributed by atoms with Crippen LogP contribution in [0.3, 0.4) is 0 Å². The molecule has 32 heavy (non-hydrogen) atoms. The van der Waals surface area contributed by atoms with Crippen LogP contribution in [0.15, 0.2) is 24.3 Å². The van der Waals surface area contributed by atoms with Crippen LogP contribution in [-0.4, -0.2) is 62.1 Å². The maximum Gasteiger partial charge on any atom is 0.333 e. The highest BCUT2D eigenvalue weighted by atomic mass is 16.8. The highest BCUT2D eigenvalue weighted by Crippen LogP contribution is 2.66. The predicted octanol–water partition coefficient (Wildman–Crippen LogP) is 2.51. The molecule has 0 aromatic carbocycles. The normalized spacial score (nSPS) is 43.7. The van der Waals surface area contributed by atoms with E-state index in [2.05, 4.69) is 13.2 Å². The van der Waals surface area contributed by atoms with Gasteiger partial charge in [-0.15, -0.1) is 0 Å². The minimum atomic E-state index is -0.593. The molecule has 8 heteroatoms. The van der Waals surface area contributed by atoms with E-state index in [1.54, 1.807) is 13.8 Å². The first-order valence-electron chi connectivity index (χ1n) is 11.5. The molecule has 2 saturated heterocycles. The van der Waals surface area contributed by atoms with E-state index in [1.165, 1.54) is 0 Å². The fourth-order valence-corrected chi connectivity index (χ4v) is 6.45. The first kappa shape index (κ1) is 22.1. The van der Waals surface area contributed by atoms with E-state index < -0.39 is 23.5 Å². The molecule has 0 amide bonds. The monoisotopic (exact) mass is 448 g/mol. The topological polar surface area (TPSA) is 89.5 Å². The third kappa shape index (κ3) is 3.43. The van der Waals surface area contributed by atoms with Crippen LogP contribution in [0, 0.1) is 23.7 Å². The average molecular weight is 449 g/mol. The molecular formula is C24H32O8. The Balaban J connectivity index is 1.20. The maximum atomic E-state index is 11.7. The summed E-state index contributed by atoms with van der Waals surface area (Å²) < 4.78 is 36.1. The molecule has 4 aliphatic carbocycles. The Hall–Kier alpha value is -1.74. The summed E-state index contributed by atoms with van der Waals surface area (Å²) in [5, 5.41) is 0. The molecule has 0 aromatic rings. The van der Waals surface area contributed by atoms with Gasteiger partial charge in [-0.25, -0.2) is 9.59 Å². The molecule has 8 nitrogen and oxygen atoms in total. The van der Waals surface area contributed by atoms with E-state index >= 15 is 0 Å². The SMILES string of the molecule is C=C(C)C(=O)OCC1COC2(O1)C1CC3CC2CC(C1)C31OCC(COC(=O)C(=C)C)O1. The molecule has 4 bridgehead atoms. The Morgan fingerprint density at radius 1 is 0.750 bits per heavy atom. The Labute approximate surface area is 188 Å². The van der Waals surface area contributed by atoms with Crippen LogP contribution in [0.25, 0.3) is 0 Å². The number of rotatable bonds is 6. The zero-order valence-electron chi connectivity index (χ0n) is 18.8. The van der Waals surface area contributed by atoms with Crippen molar-refractivity contribution in [3.63, 3.8) is 0 Å². The second kappa shape index (κ2) is 7.94. The number of carbonyl (C=O) groups excluding carboxylic acids is 2. The van der Waals surface area contributed by atoms with Crippen molar-refractivity contribution in [1.29, 1.82) is 0 Å². The van der Waals surface area contributed by atoms with Crippen LogP contribution < -0.4 is 0 Å². The standard InChI is InChI=1S/C24H32O8/c1-13(2)21(25)27-9-19-11-29-23(31-19)15-5-17-7-16(23)8-18(6-15)24(17)30-12-20(32-24)10-28-22(26)14(3)4/h15-20H,1,3,5-12H2,2,4H3. The van der Waals surface area contributed by atoms with Gasteiger partial charge < -0.3 is 28.4 Å². The van der Waals surface area contributed by atoms with E-state index in [0.29, 0.717) is 24.4 Å². The quantitative estimate of drug-likeness (QED) is 0.452. The Kier molecular flexibility index (Phi) is 5.47. The first-order valence-corrected chi connectivity index (χ1v) is 11.5. The maximum absolute atomic E-state index is 11.7. The van der Waals surface area contributed by atoms with Crippen molar-refractivity contribution >= 4 is 11.9 Å². The van der Waals surface area contributed by atoms with E-state index in [4.69, 9.17) is 28.4 Å². The molecule has 4 saturated carbocycles. The highest BCUT2D eigenvalue weighted by Gasteiger charge is 2.71. The number of hydrogen-bond donors (Lipinski definition) is 0. The lowest BCUT2D eigenvalue weighted by molar-refractivity contribution is -0.366. The summed E-state index contributed by atoms with van der Waals surface area (Å²) >= 11 is 0. The summed E-state index contributed by atoms with van der Waals surface area (Å²) in [6, 6.07) is 0. The molecule has 6 aliphatic rings. The van der Waals surface area contributed by atoms with Crippen LogP contribution in [-0.2, 0) is 38.0 Å². The van der Waals surface area contributed by atoms with Gasteiger partial charge in [0.25, 0.3) is 0 Å². The Morgan fingerprint density at radius 2 is 1.09 bits per heavy atom. The Morgan fingerprint density at radius 3 is 1.41 bits per heavy atom. The third-order valence-electron chi connectivity index (χ3n) is 7.74. The third-order valence-corrected chi connectivity index (χ3v) is 7.74. The van der Waals surface area contributed by atoms with E-state index in [0.717, 1.165) is 25.7 Å². The lowest BCUT2D eigenvalue weighted by Gasteiger charge is -2.63. The van der Waals surface area contributed by atoms with Gasteiger partial charge in [0.15, 0.2) is 11.6 Å². The minimum Gasteiger partial charge on any atom is -0.459 e. The molecule has 2 heterocycles. The van der Waals surface area contributed by atoms with Crippen molar-refractivity contribution in [1.82, 2.24) is 0 Å². The van der Waals surface area contributed by atoms with Gasteiger partial charge >= 0.3 is 11.9 Å². The van der Waals surface area contributed by atoms with Gasteiger partial charge in [0.1, 0.15) is 25.4 Å². The molecule has 2 unspecified atom stereocenters. The molecule has 6 rings (SSSR count). The second-order valence-corrected chi connectivity index (χ2v) is 10.0. The van der Waals surface area contributed by atoms with Gasteiger partial charge in [0.2, 0.25) is 0 Å². The van der Waals surface area contributed by atoms with Gasteiger partial charge in [-0.05, 0) is 39.5 Å². The van der Waals surface area contributed by atoms with Gasteiger partial charge in [0, 0.05) is 34.8 Å². The minimum absolute atomic E-state index is 0.181. The van der Waals surface area contributed by atoms with Gasteiger partial charge in [-0.2, -0.15) is 0 Å².